The minimum Gasteiger partial charge on any atom is -0.495 e. The number of fused-ring (bicyclic) bond motifs is 1. The second kappa shape index (κ2) is 10.3. The zero-order valence-electron chi connectivity index (χ0n) is 19.9. The number of hydrogen-bond donors (Lipinski definition) is 2. The number of nitriles is 1. The number of methoxy groups -OCH3 is 1. The van der Waals surface area contributed by atoms with E-state index >= 15 is 0 Å². The van der Waals surface area contributed by atoms with Crippen LogP contribution in [0.2, 0.25) is 5.02 Å². The van der Waals surface area contributed by atoms with Crippen LogP contribution in [0.5, 0.6) is 5.75 Å². The van der Waals surface area contributed by atoms with Gasteiger partial charge in [-0.15, -0.1) is 10.2 Å². The molecule has 5 rings (SSSR count). The molecular formula is C27H30ClN5O2. The smallest absolute Gasteiger partial charge is 0.159 e. The Morgan fingerprint density at radius 2 is 1.91 bits per heavy atom. The highest BCUT2D eigenvalue weighted by Gasteiger charge is 2.36. The maximum atomic E-state index is 9.66. The van der Waals surface area contributed by atoms with Crippen LogP contribution in [0.3, 0.4) is 0 Å². The molecule has 1 saturated carbocycles. The molecular weight excluding hydrogens is 462 g/mol. The number of aromatic nitrogens is 2. The molecule has 0 spiro atoms. The first kappa shape index (κ1) is 23.7. The van der Waals surface area contributed by atoms with E-state index in [2.05, 4.69) is 26.5 Å². The fourth-order valence-corrected chi connectivity index (χ4v) is 5.64. The van der Waals surface area contributed by atoms with Crippen LogP contribution >= 0.6 is 11.6 Å². The van der Waals surface area contributed by atoms with Crippen molar-refractivity contribution in [1.82, 2.24) is 10.2 Å². The normalized spacial score (nSPS) is 20.3. The van der Waals surface area contributed by atoms with E-state index in [9.17, 15) is 10.4 Å². The predicted molar refractivity (Wildman–Crippen MR) is 138 cm³/mol. The Morgan fingerprint density at radius 1 is 1.11 bits per heavy atom. The predicted octanol–water partition coefficient (Wildman–Crippen LogP) is 4.81. The topological polar surface area (TPSA) is 94.3 Å². The van der Waals surface area contributed by atoms with Crippen LogP contribution in [0.1, 0.15) is 36.8 Å². The van der Waals surface area contributed by atoms with Gasteiger partial charge in [-0.3, -0.25) is 0 Å². The number of anilines is 2. The van der Waals surface area contributed by atoms with Gasteiger partial charge in [0.1, 0.15) is 5.75 Å². The van der Waals surface area contributed by atoms with E-state index in [1.54, 1.807) is 7.11 Å². The Hall–Kier alpha value is -3.08. The van der Waals surface area contributed by atoms with E-state index in [1.165, 1.54) is 0 Å². The second-order valence-electron chi connectivity index (χ2n) is 9.60. The van der Waals surface area contributed by atoms with E-state index in [4.69, 9.17) is 16.3 Å². The van der Waals surface area contributed by atoms with Gasteiger partial charge in [0.2, 0.25) is 0 Å². The first-order valence-corrected chi connectivity index (χ1v) is 12.6. The van der Waals surface area contributed by atoms with Crippen molar-refractivity contribution >= 4 is 34.0 Å². The number of piperidine rings is 1. The summed E-state index contributed by atoms with van der Waals surface area (Å²) in [6.45, 7) is 2.53. The lowest BCUT2D eigenvalue weighted by molar-refractivity contribution is 0.00830. The van der Waals surface area contributed by atoms with Gasteiger partial charge in [-0.25, -0.2) is 0 Å². The van der Waals surface area contributed by atoms with Gasteiger partial charge in [0.15, 0.2) is 11.6 Å². The number of rotatable bonds is 7. The van der Waals surface area contributed by atoms with Crippen molar-refractivity contribution in [2.45, 2.75) is 38.2 Å². The van der Waals surface area contributed by atoms with Crippen molar-refractivity contribution in [1.29, 1.82) is 5.26 Å². The zero-order valence-corrected chi connectivity index (χ0v) is 20.6. The number of nitrogens with one attached hydrogen (secondary N) is 1. The van der Waals surface area contributed by atoms with Crippen LogP contribution in [0.15, 0.2) is 36.4 Å². The van der Waals surface area contributed by atoms with Crippen molar-refractivity contribution in [3.05, 3.63) is 52.5 Å². The molecule has 35 heavy (non-hydrogen) atoms. The molecule has 2 aliphatic rings. The summed E-state index contributed by atoms with van der Waals surface area (Å²) >= 11 is 6.26. The highest BCUT2D eigenvalue weighted by molar-refractivity contribution is 6.32. The first-order valence-electron chi connectivity index (χ1n) is 12.3. The third kappa shape index (κ3) is 5.00. The molecule has 2 aromatic carbocycles. The number of halogens is 1. The lowest BCUT2D eigenvalue weighted by atomic mass is 9.70. The van der Waals surface area contributed by atoms with Gasteiger partial charge in [0.05, 0.1) is 29.9 Å². The van der Waals surface area contributed by atoms with Gasteiger partial charge < -0.3 is 20.1 Å². The third-order valence-electron chi connectivity index (χ3n) is 7.47. The van der Waals surface area contributed by atoms with Gasteiger partial charge in [-0.1, -0.05) is 17.7 Å². The van der Waals surface area contributed by atoms with Crippen molar-refractivity contribution in [2.24, 2.45) is 11.8 Å². The largest absolute Gasteiger partial charge is 0.495 e. The van der Waals surface area contributed by atoms with Crippen LogP contribution in [0.25, 0.3) is 10.8 Å². The number of nitrogens with zero attached hydrogens (tertiary/aromatic N) is 4. The number of ether oxygens (including phenoxy) is 1. The van der Waals surface area contributed by atoms with Crippen LogP contribution in [-0.2, 0) is 6.42 Å². The van der Waals surface area contributed by atoms with E-state index < -0.39 is 0 Å². The first-order chi connectivity index (χ1) is 17.1. The van der Waals surface area contributed by atoms with Gasteiger partial charge in [0.25, 0.3) is 0 Å². The average molecular weight is 492 g/mol. The van der Waals surface area contributed by atoms with Crippen LogP contribution in [0, 0.1) is 23.2 Å². The summed E-state index contributed by atoms with van der Waals surface area (Å²) in [4.78, 5) is 2.32. The van der Waals surface area contributed by atoms with E-state index in [-0.39, 0.29) is 6.10 Å². The van der Waals surface area contributed by atoms with E-state index in [1.807, 2.05) is 36.4 Å². The number of aliphatic hydroxyl groups excluding tert-OH is 1. The van der Waals surface area contributed by atoms with Crippen molar-refractivity contribution in [2.75, 3.05) is 37.0 Å². The van der Waals surface area contributed by atoms with Gasteiger partial charge in [-0.2, -0.15) is 5.26 Å². The van der Waals surface area contributed by atoms with Gasteiger partial charge >= 0.3 is 0 Å². The minimum atomic E-state index is -0.0936. The molecule has 8 heteroatoms. The Labute approximate surface area is 210 Å². The summed E-state index contributed by atoms with van der Waals surface area (Å²) < 4.78 is 5.23. The fraction of sp³-hybridized carbons (Fsp3) is 0.444. The van der Waals surface area contributed by atoms with Crippen molar-refractivity contribution < 1.29 is 9.84 Å². The fourth-order valence-electron chi connectivity index (χ4n) is 5.36. The molecule has 2 N–H and O–H groups in total. The Morgan fingerprint density at radius 3 is 2.60 bits per heavy atom. The molecule has 0 bridgehead atoms. The van der Waals surface area contributed by atoms with Crippen molar-refractivity contribution in [3.8, 4) is 11.8 Å². The Balaban J connectivity index is 1.31. The molecule has 1 aromatic heterocycles. The monoisotopic (exact) mass is 491 g/mol. The molecule has 3 aromatic rings. The molecule has 0 amide bonds. The molecule has 1 aliphatic heterocycles. The third-order valence-corrected chi connectivity index (χ3v) is 7.76. The molecule has 2 heterocycles. The highest BCUT2D eigenvalue weighted by atomic mass is 35.5. The molecule has 2 fully saturated rings. The Bertz CT molecular complexity index is 1250. The summed E-state index contributed by atoms with van der Waals surface area (Å²) in [7, 11) is 1.60. The summed E-state index contributed by atoms with van der Waals surface area (Å²) in [5, 5.41) is 34.2. The maximum absolute atomic E-state index is 9.66. The molecule has 0 unspecified atom stereocenters. The van der Waals surface area contributed by atoms with Crippen LogP contribution < -0.4 is 15.0 Å². The molecule has 7 nitrogen and oxygen atoms in total. The molecule has 1 saturated heterocycles. The van der Waals surface area contributed by atoms with Crippen molar-refractivity contribution in [3.63, 3.8) is 0 Å². The maximum Gasteiger partial charge on any atom is 0.159 e. The lowest BCUT2D eigenvalue weighted by Crippen LogP contribution is -2.41. The van der Waals surface area contributed by atoms with E-state index in [0.29, 0.717) is 40.5 Å². The number of benzene rings is 2. The highest BCUT2D eigenvalue weighted by Crippen LogP contribution is 2.40. The minimum absolute atomic E-state index is 0.0936. The Kier molecular flexibility index (Phi) is 6.94. The van der Waals surface area contributed by atoms with Gasteiger partial charge in [-0.05, 0) is 79.8 Å². The van der Waals surface area contributed by atoms with Crippen LogP contribution in [0.4, 0.5) is 11.6 Å². The van der Waals surface area contributed by atoms with Crippen LogP contribution in [-0.4, -0.2) is 48.2 Å². The quantitative estimate of drug-likeness (QED) is 0.490. The second-order valence-corrected chi connectivity index (χ2v) is 10.0. The molecule has 182 valence electrons. The number of hydrogen-bond acceptors (Lipinski definition) is 7. The summed E-state index contributed by atoms with van der Waals surface area (Å²) in [6.07, 6.45) is 4.79. The SMILES string of the molecule is COc1ccc(CCNc2nnc(N3CCC(C4CC(O)C4)CC3)c3ccc(C#N)cc23)cc1Cl. The summed E-state index contributed by atoms with van der Waals surface area (Å²) in [5.74, 6) is 3.57. The average Bonchev–Trinajstić information content (AvgIpc) is 2.87. The summed E-state index contributed by atoms with van der Waals surface area (Å²) in [6, 6.07) is 13.8. The van der Waals surface area contributed by atoms with E-state index in [0.717, 1.165) is 67.3 Å². The standard InChI is InChI=1S/C27H30ClN5O2/c1-35-25-5-3-17(13-24(25)28)6-9-30-26-23-12-18(16-29)2-4-22(23)27(32-31-26)33-10-7-19(8-11-33)20-14-21(34)15-20/h2-5,12-13,19-21,34H,6-11,14-15H2,1H3,(H,30,31). The van der Waals surface area contributed by atoms with Gasteiger partial charge in [0, 0.05) is 30.4 Å². The zero-order chi connectivity index (χ0) is 24.4. The summed E-state index contributed by atoms with van der Waals surface area (Å²) in [5.41, 5.74) is 1.69. The lowest BCUT2D eigenvalue weighted by Gasteiger charge is -2.42. The molecule has 0 atom stereocenters. The number of aliphatic hydroxyl groups is 1. The molecule has 0 radical (unpaired) electrons. The molecule has 1 aliphatic carbocycles.